The Morgan fingerprint density at radius 1 is 1.29 bits per heavy atom. The van der Waals surface area contributed by atoms with Gasteiger partial charge < -0.3 is 20.1 Å². The molecule has 0 aromatic rings. The van der Waals surface area contributed by atoms with E-state index >= 15 is 0 Å². The van der Waals surface area contributed by atoms with Crippen molar-refractivity contribution in [2.24, 2.45) is 0 Å². The summed E-state index contributed by atoms with van der Waals surface area (Å²) in [7, 11) is 1.65. The van der Waals surface area contributed by atoms with E-state index in [4.69, 9.17) is 9.47 Å². The zero-order chi connectivity index (χ0) is 12.9. The van der Waals surface area contributed by atoms with E-state index in [9.17, 15) is 4.79 Å². The van der Waals surface area contributed by atoms with Crippen LogP contribution >= 0.6 is 0 Å². The molecule has 0 fully saturated rings. The smallest absolute Gasteiger partial charge is 0.233 e. The molecule has 0 radical (unpaired) electrons. The molecule has 0 saturated heterocycles. The molecule has 5 heteroatoms. The highest BCUT2D eigenvalue weighted by atomic mass is 16.5. The number of hydrogen-bond acceptors (Lipinski definition) is 4. The van der Waals surface area contributed by atoms with Crippen molar-refractivity contribution in [3.63, 3.8) is 0 Å². The van der Waals surface area contributed by atoms with E-state index in [0.29, 0.717) is 39.5 Å². The number of ether oxygens (including phenoxy) is 2. The van der Waals surface area contributed by atoms with Gasteiger partial charge >= 0.3 is 0 Å². The minimum Gasteiger partial charge on any atom is -0.385 e. The molecule has 0 rings (SSSR count). The predicted molar refractivity (Wildman–Crippen MR) is 68.0 cm³/mol. The maximum Gasteiger partial charge on any atom is 0.233 e. The molecule has 0 aliphatic heterocycles. The molecule has 0 atom stereocenters. The average Bonchev–Trinajstić information content (AvgIpc) is 2.29. The molecular weight excluding hydrogens is 220 g/mol. The van der Waals surface area contributed by atoms with E-state index in [1.807, 2.05) is 6.92 Å². The molecule has 17 heavy (non-hydrogen) atoms. The van der Waals surface area contributed by atoms with Gasteiger partial charge in [0.1, 0.15) is 0 Å². The summed E-state index contributed by atoms with van der Waals surface area (Å²) in [5, 5.41) is 5.79. The average molecular weight is 244 g/mol. The Hall–Kier alpha value is -0.910. The molecule has 0 aromatic heterocycles. The molecule has 0 aliphatic rings. The fourth-order valence-electron chi connectivity index (χ4n) is 1.10. The van der Waals surface area contributed by atoms with Gasteiger partial charge in [-0.2, -0.15) is 0 Å². The Kier molecular flexibility index (Phi) is 11.0. The molecule has 0 heterocycles. The minimum atomic E-state index is 0.000930. The number of rotatable bonds is 11. The normalized spacial score (nSPS) is 10.2. The van der Waals surface area contributed by atoms with Gasteiger partial charge in [-0.1, -0.05) is 12.2 Å². The van der Waals surface area contributed by atoms with Crippen molar-refractivity contribution >= 4 is 5.91 Å². The molecule has 0 unspecified atom stereocenters. The van der Waals surface area contributed by atoms with E-state index in [-0.39, 0.29) is 5.91 Å². The Morgan fingerprint density at radius 3 is 2.71 bits per heavy atom. The van der Waals surface area contributed by atoms with Crippen molar-refractivity contribution in [3.05, 3.63) is 12.2 Å². The first-order valence-electron chi connectivity index (χ1n) is 5.85. The summed E-state index contributed by atoms with van der Waals surface area (Å²) < 4.78 is 10.2. The van der Waals surface area contributed by atoms with Gasteiger partial charge in [0.25, 0.3) is 0 Å². The fraction of sp³-hybridized carbons (Fsp3) is 0.750. The van der Waals surface area contributed by atoms with Crippen LogP contribution in [0, 0.1) is 0 Å². The van der Waals surface area contributed by atoms with E-state index in [0.717, 1.165) is 12.0 Å². The van der Waals surface area contributed by atoms with Gasteiger partial charge in [0.05, 0.1) is 19.8 Å². The summed E-state index contributed by atoms with van der Waals surface area (Å²) in [4.78, 5) is 11.3. The van der Waals surface area contributed by atoms with Crippen molar-refractivity contribution in [1.29, 1.82) is 0 Å². The maximum absolute atomic E-state index is 11.3. The summed E-state index contributed by atoms with van der Waals surface area (Å²) in [6.45, 7) is 9.12. The summed E-state index contributed by atoms with van der Waals surface area (Å²) in [6, 6.07) is 0. The van der Waals surface area contributed by atoms with Crippen molar-refractivity contribution in [1.82, 2.24) is 10.6 Å². The largest absolute Gasteiger partial charge is 0.385 e. The van der Waals surface area contributed by atoms with E-state index in [1.165, 1.54) is 0 Å². The standard InChI is InChI=1S/C12H24N2O3/c1-11(2)10-17-8-6-13-9-12(15)14-5-4-7-16-3/h13H,1,4-10H2,2-3H3,(H,14,15). The molecular formula is C12H24N2O3. The van der Waals surface area contributed by atoms with Gasteiger partial charge in [-0.25, -0.2) is 0 Å². The number of amides is 1. The number of hydrogen-bond donors (Lipinski definition) is 2. The maximum atomic E-state index is 11.3. The van der Waals surface area contributed by atoms with Crippen LogP contribution in [0.25, 0.3) is 0 Å². The molecule has 1 amide bonds. The van der Waals surface area contributed by atoms with Gasteiger partial charge in [-0.3, -0.25) is 4.79 Å². The van der Waals surface area contributed by atoms with Crippen LogP contribution < -0.4 is 10.6 Å². The number of nitrogens with one attached hydrogen (secondary N) is 2. The van der Waals surface area contributed by atoms with Crippen LogP contribution in [-0.4, -0.2) is 52.5 Å². The molecule has 0 aromatic carbocycles. The minimum absolute atomic E-state index is 0.000930. The summed E-state index contributed by atoms with van der Waals surface area (Å²) in [6.07, 6.45) is 0.837. The van der Waals surface area contributed by atoms with E-state index in [2.05, 4.69) is 17.2 Å². The first-order chi connectivity index (χ1) is 8.16. The Balaban J connectivity index is 3.19. The van der Waals surface area contributed by atoms with Crippen molar-refractivity contribution in [2.75, 3.05) is 46.6 Å². The lowest BCUT2D eigenvalue weighted by Crippen LogP contribution is -2.36. The summed E-state index contributed by atoms with van der Waals surface area (Å²) in [5.74, 6) is 0.000930. The van der Waals surface area contributed by atoms with Crippen LogP contribution in [0.4, 0.5) is 0 Å². The second kappa shape index (κ2) is 11.6. The van der Waals surface area contributed by atoms with Crippen molar-refractivity contribution in [2.45, 2.75) is 13.3 Å². The second-order valence-corrected chi connectivity index (χ2v) is 3.88. The lowest BCUT2D eigenvalue weighted by atomic mass is 10.4. The third-order valence-corrected chi connectivity index (χ3v) is 1.90. The van der Waals surface area contributed by atoms with E-state index in [1.54, 1.807) is 7.11 Å². The van der Waals surface area contributed by atoms with Crippen LogP contribution in [0.2, 0.25) is 0 Å². The van der Waals surface area contributed by atoms with Crippen LogP contribution in [-0.2, 0) is 14.3 Å². The van der Waals surface area contributed by atoms with Gasteiger partial charge in [0.2, 0.25) is 5.91 Å². The van der Waals surface area contributed by atoms with Gasteiger partial charge in [0, 0.05) is 26.8 Å². The van der Waals surface area contributed by atoms with Crippen LogP contribution in [0.15, 0.2) is 12.2 Å². The lowest BCUT2D eigenvalue weighted by molar-refractivity contribution is -0.120. The highest BCUT2D eigenvalue weighted by molar-refractivity contribution is 5.77. The molecule has 0 saturated carbocycles. The van der Waals surface area contributed by atoms with Crippen LogP contribution in [0.1, 0.15) is 13.3 Å². The molecule has 2 N–H and O–H groups in total. The number of methoxy groups -OCH3 is 1. The van der Waals surface area contributed by atoms with Gasteiger partial charge in [-0.05, 0) is 13.3 Å². The topological polar surface area (TPSA) is 59.6 Å². The number of carbonyl (C=O) groups excluding carboxylic acids is 1. The lowest BCUT2D eigenvalue weighted by Gasteiger charge is -2.07. The monoisotopic (exact) mass is 244 g/mol. The zero-order valence-corrected chi connectivity index (χ0v) is 10.9. The Labute approximate surface area is 104 Å². The highest BCUT2D eigenvalue weighted by Crippen LogP contribution is 1.86. The quantitative estimate of drug-likeness (QED) is 0.406. The van der Waals surface area contributed by atoms with Crippen LogP contribution in [0.3, 0.4) is 0 Å². The van der Waals surface area contributed by atoms with Crippen molar-refractivity contribution < 1.29 is 14.3 Å². The third kappa shape index (κ3) is 13.0. The summed E-state index contributed by atoms with van der Waals surface area (Å²) >= 11 is 0. The summed E-state index contributed by atoms with van der Waals surface area (Å²) in [5.41, 5.74) is 1.00. The molecule has 0 aliphatic carbocycles. The highest BCUT2D eigenvalue weighted by Gasteiger charge is 1.98. The van der Waals surface area contributed by atoms with E-state index < -0.39 is 0 Å². The first kappa shape index (κ1) is 16.1. The van der Waals surface area contributed by atoms with Crippen molar-refractivity contribution in [3.8, 4) is 0 Å². The fourth-order valence-corrected chi connectivity index (χ4v) is 1.10. The number of carbonyl (C=O) groups is 1. The SMILES string of the molecule is C=C(C)COCCNCC(=O)NCCCOC. The molecule has 5 nitrogen and oxygen atoms in total. The zero-order valence-electron chi connectivity index (χ0n) is 10.9. The Morgan fingerprint density at radius 2 is 2.06 bits per heavy atom. The molecule has 100 valence electrons. The predicted octanol–water partition coefficient (Wildman–Crippen LogP) is 0.321. The van der Waals surface area contributed by atoms with Gasteiger partial charge in [0.15, 0.2) is 0 Å². The molecule has 0 spiro atoms. The first-order valence-corrected chi connectivity index (χ1v) is 5.85. The molecule has 0 bridgehead atoms. The Bertz CT molecular complexity index is 220. The second-order valence-electron chi connectivity index (χ2n) is 3.88. The van der Waals surface area contributed by atoms with Crippen LogP contribution in [0.5, 0.6) is 0 Å². The van der Waals surface area contributed by atoms with Gasteiger partial charge in [-0.15, -0.1) is 0 Å². The third-order valence-electron chi connectivity index (χ3n) is 1.90.